The highest BCUT2D eigenvalue weighted by Crippen LogP contribution is 2.39. The van der Waals surface area contributed by atoms with Crippen LogP contribution in [0.25, 0.3) is 11.2 Å². The topological polar surface area (TPSA) is 94.1 Å². The summed E-state index contributed by atoms with van der Waals surface area (Å²) in [5, 5.41) is 0. The van der Waals surface area contributed by atoms with Crippen LogP contribution in [0.15, 0.2) is 17.3 Å². The van der Waals surface area contributed by atoms with Crippen LogP contribution >= 0.6 is 0 Å². The van der Waals surface area contributed by atoms with Crippen molar-refractivity contribution in [3.8, 4) is 0 Å². The van der Waals surface area contributed by atoms with E-state index in [2.05, 4.69) is 9.97 Å². The number of aromatic nitrogens is 3. The fraction of sp³-hybridized carbons (Fsp3) is 0.667. The molecule has 1 aliphatic carbocycles. The molecular formula is C18H27N5O2S. The van der Waals surface area contributed by atoms with Crippen LogP contribution in [0.3, 0.4) is 0 Å². The van der Waals surface area contributed by atoms with Crippen molar-refractivity contribution < 1.29 is 8.42 Å². The third-order valence-electron chi connectivity index (χ3n) is 5.72. The van der Waals surface area contributed by atoms with Crippen LogP contribution in [-0.4, -0.2) is 40.3 Å². The minimum atomic E-state index is -3.68. The zero-order valence-corrected chi connectivity index (χ0v) is 15.9. The Bertz CT molecular complexity index is 878. The summed E-state index contributed by atoms with van der Waals surface area (Å²) in [6, 6.07) is 0.205. The van der Waals surface area contributed by atoms with Gasteiger partial charge < -0.3 is 10.3 Å². The highest BCUT2D eigenvalue weighted by Gasteiger charge is 2.35. The fourth-order valence-corrected chi connectivity index (χ4v) is 6.13. The largest absolute Gasteiger partial charge is 0.384 e. The molecule has 1 saturated carbocycles. The van der Waals surface area contributed by atoms with Gasteiger partial charge in [-0.2, -0.15) is 4.31 Å². The molecule has 0 atom stereocenters. The number of nitrogens with zero attached hydrogens (tertiary/aromatic N) is 4. The van der Waals surface area contributed by atoms with E-state index in [9.17, 15) is 8.42 Å². The quantitative estimate of drug-likeness (QED) is 0.887. The lowest BCUT2D eigenvalue weighted by atomic mass is 9.95. The molecule has 8 heteroatoms. The third-order valence-corrected chi connectivity index (χ3v) is 7.68. The molecule has 0 bridgehead atoms. The van der Waals surface area contributed by atoms with E-state index in [0.29, 0.717) is 30.1 Å². The fourth-order valence-electron chi connectivity index (χ4n) is 4.39. The van der Waals surface area contributed by atoms with Gasteiger partial charge in [-0.15, -0.1) is 0 Å². The Labute approximate surface area is 154 Å². The lowest BCUT2D eigenvalue weighted by Crippen LogP contribution is -2.32. The Morgan fingerprint density at radius 1 is 0.923 bits per heavy atom. The first-order chi connectivity index (χ1) is 12.6. The molecule has 2 aromatic rings. The Morgan fingerprint density at radius 2 is 1.54 bits per heavy atom. The van der Waals surface area contributed by atoms with E-state index < -0.39 is 10.0 Å². The van der Waals surface area contributed by atoms with Crippen molar-refractivity contribution >= 4 is 27.0 Å². The second kappa shape index (κ2) is 7.15. The highest BCUT2D eigenvalue weighted by molar-refractivity contribution is 7.89. The zero-order chi connectivity index (χ0) is 18.1. The smallest absolute Gasteiger partial charge is 0.248 e. The molecule has 2 N–H and O–H groups in total. The van der Waals surface area contributed by atoms with Gasteiger partial charge in [-0.3, -0.25) is 0 Å². The van der Waals surface area contributed by atoms with Crippen molar-refractivity contribution in [2.75, 3.05) is 18.8 Å². The van der Waals surface area contributed by atoms with Gasteiger partial charge in [0.25, 0.3) is 0 Å². The normalized spacial score (nSPS) is 21.1. The summed E-state index contributed by atoms with van der Waals surface area (Å²) in [5.41, 5.74) is 7.47. The standard InChI is InChI=1S/C18H27N5O2S/c19-17-16(26(24,25)22-12-6-1-2-7-13-22)15-18(21-11-10-20-15)23(17)14-8-4-3-5-9-14/h10-11,14H,1-9,12-13,19H2. The van der Waals surface area contributed by atoms with Crippen molar-refractivity contribution in [1.29, 1.82) is 0 Å². The lowest BCUT2D eigenvalue weighted by molar-refractivity contribution is 0.362. The number of fused-ring (bicyclic) bond motifs is 1. The van der Waals surface area contributed by atoms with E-state index in [0.717, 1.165) is 51.4 Å². The summed E-state index contributed by atoms with van der Waals surface area (Å²) in [4.78, 5) is 8.99. The van der Waals surface area contributed by atoms with Crippen LogP contribution in [-0.2, 0) is 10.0 Å². The first-order valence-corrected chi connectivity index (χ1v) is 11.2. The van der Waals surface area contributed by atoms with Crippen molar-refractivity contribution in [3.63, 3.8) is 0 Å². The molecule has 0 unspecified atom stereocenters. The van der Waals surface area contributed by atoms with E-state index in [1.54, 1.807) is 16.7 Å². The molecule has 0 aromatic carbocycles. The SMILES string of the molecule is Nc1c(S(=O)(=O)N2CCCCCC2)c2nccnc2n1C1CCCCC1. The summed E-state index contributed by atoms with van der Waals surface area (Å²) < 4.78 is 30.4. The summed E-state index contributed by atoms with van der Waals surface area (Å²) in [6.45, 7) is 1.11. The van der Waals surface area contributed by atoms with Crippen molar-refractivity contribution in [2.24, 2.45) is 0 Å². The second-order valence-corrected chi connectivity index (χ2v) is 9.30. The minimum Gasteiger partial charge on any atom is -0.384 e. The summed E-state index contributed by atoms with van der Waals surface area (Å²) in [5.74, 6) is 0.308. The molecule has 0 spiro atoms. The maximum atomic E-state index is 13.4. The van der Waals surface area contributed by atoms with E-state index in [4.69, 9.17) is 5.73 Å². The van der Waals surface area contributed by atoms with Crippen LogP contribution in [0.1, 0.15) is 63.8 Å². The highest BCUT2D eigenvalue weighted by atomic mass is 32.2. The van der Waals surface area contributed by atoms with E-state index in [1.807, 2.05) is 4.57 Å². The van der Waals surface area contributed by atoms with Crippen molar-refractivity contribution in [2.45, 2.75) is 68.7 Å². The Balaban J connectivity index is 1.85. The van der Waals surface area contributed by atoms with Crippen LogP contribution in [0.2, 0.25) is 0 Å². The molecule has 142 valence electrons. The number of rotatable bonds is 3. The molecule has 26 heavy (non-hydrogen) atoms. The summed E-state index contributed by atoms with van der Waals surface area (Å²) in [7, 11) is -3.68. The van der Waals surface area contributed by atoms with E-state index >= 15 is 0 Å². The van der Waals surface area contributed by atoms with Gasteiger partial charge in [0.1, 0.15) is 11.3 Å². The first kappa shape index (κ1) is 17.7. The molecule has 2 aliphatic rings. The van der Waals surface area contributed by atoms with Crippen LogP contribution in [0.4, 0.5) is 5.82 Å². The molecule has 2 fully saturated rings. The van der Waals surface area contributed by atoms with Gasteiger partial charge in [0.05, 0.1) is 0 Å². The number of anilines is 1. The van der Waals surface area contributed by atoms with Crippen LogP contribution < -0.4 is 5.73 Å². The molecule has 0 radical (unpaired) electrons. The molecule has 1 saturated heterocycles. The van der Waals surface area contributed by atoms with Gasteiger partial charge in [-0.05, 0) is 25.7 Å². The predicted molar refractivity (Wildman–Crippen MR) is 101 cm³/mol. The van der Waals surface area contributed by atoms with E-state index in [1.165, 1.54) is 6.42 Å². The molecule has 2 aromatic heterocycles. The van der Waals surface area contributed by atoms with Crippen LogP contribution in [0.5, 0.6) is 0 Å². The second-order valence-electron chi connectivity index (χ2n) is 7.42. The Morgan fingerprint density at radius 3 is 2.23 bits per heavy atom. The number of sulfonamides is 1. The Hall–Kier alpha value is -1.67. The Kier molecular flexibility index (Phi) is 4.88. The van der Waals surface area contributed by atoms with Crippen LogP contribution in [0, 0.1) is 0 Å². The van der Waals surface area contributed by atoms with Gasteiger partial charge in [0.15, 0.2) is 10.5 Å². The molecule has 0 amide bonds. The van der Waals surface area contributed by atoms with Crippen molar-refractivity contribution in [3.05, 3.63) is 12.4 Å². The average molecular weight is 378 g/mol. The first-order valence-electron chi connectivity index (χ1n) is 9.71. The van der Waals surface area contributed by atoms with Gasteiger partial charge in [-0.1, -0.05) is 32.1 Å². The van der Waals surface area contributed by atoms with Gasteiger partial charge in [0, 0.05) is 31.5 Å². The molecule has 4 rings (SSSR count). The molecule has 1 aliphatic heterocycles. The summed E-state index contributed by atoms with van der Waals surface area (Å²) in [6.07, 6.45) is 12.6. The number of hydrogen-bond acceptors (Lipinski definition) is 5. The maximum Gasteiger partial charge on any atom is 0.248 e. The number of hydrogen-bond donors (Lipinski definition) is 1. The van der Waals surface area contributed by atoms with Crippen molar-refractivity contribution in [1.82, 2.24) is 18.8 Å². The predicted octanol–water partition coefficient (Wildman–Crippen LogP) is 3.08. The lowest BCUT2D eigenvalue weighted by Gasteiger charge is -2.25. The maximum absolute atomic E-state index is 13.4. The number of nitrogen functional groups attached to an aromatic ring is 1. The van der Waals surface area contributed by atoms with Gasteiger partial charge in [-0.25, -0.2) is 18.4 Å². The van der Waals surface area contributed by atoms with E-state index in [-0.39, 0.29) is 10.9 Å². The molecular weight excluding hydrogens is 350 g/mol. The zero-order valence-electron chi connectivity index (χ0n) is 15.1. The minimum absolute atomic E-state index is 0.160. The third kappa shape index (κ3) is 2.99. The average Bonchev–Trinajstić information content (AvgIpc) is 2.80. The molecule has 7 nitrogen and oxygen atoms in total. The summed E-state index contributed by atoms with van der Waals surface area (Å²) >= 11 is 0. The van der Waals surface area contributed by atoms with Gasteiger partial charge >= 0.3 is 0 Å². The molecule has 3 heterocycles. The van der Waals surface area contributed by atoms with Gasteiger partial charge in [0.2, 0.25) is 10.0 Å². The monoisotopic (exact) mass is 377 g/mol. The number of nitrogens with two attached hydrogens (primary N) is 1.